The Morgan fingerprint density at radius 2 is 1.62 bits per heavy atom. The summed E-state index contributed by atoms with van der Waals surface area (Å²) in [6.07, 6.45) is 0. The second-order valence-corrected chi connectivity index (χ2v) is 4.28. The van der Waals surface area contributed by atoms with Crippen molar-refractivity contribution < 1.29 is 19.1 Å². The first kappa shape index (κ1) is 13.2. The molecule has 0 N–H and O–H groups in total. The molecule has 0 spiro atoms. The van der Waals surface area contributed by atoms with Crippen LogP contribution in [0.2, 0.25) is 0 Å². The molecule has 0 saturated heterocycles. The van der Waals surface area contributed by atoms with Crippen LogP contribution in [0.1, 0.15) is 0 Å². The van der Waals surface area contributed by atoms with E-state index in [1.165, 1.54) is 0 Å². The number of nitrogens with zero attached hydrogens (tertiary/aromatic N) is 1. The summed E-state index contributed by atoms with van der Waals surface area (Å²) in [6.45, 7) is 0.00313. The van der Waals surface area contributed by atoms with Gasteiger partial charge in [0.25, 0.3) is 5.65 Å². The van der Waals surface area contributed by atoms with Crippen molar-refractivity contribution in [3.05, 3.63) is 0 Å². The Hall–Kier alpha value is 0.200. The molecule has 0 fully saturated rings. The van der Waals surface area contributed by atoms with E-state index >= 15 is 0 Å². The molecule has 0 radical (unpaired) electrons. The summed E-state index contributed by atoms with van der Waals surface area (Å²) >= 11 is 10.6. The van der Waals surface area contributed by atoms with Crippen molar-refractivity contribution in [3.8, 4) is 0 Å². The van der Waals surface area contributed by atoms with Crippen molar-refractivity contribution in [1.29, 1.82) is 0 Å². The Bertz CT molecular complexity index is 213. The first-order valence-electron chi connectivity index (χ1n) is 3.37. The lowest BCUT2D eigenvalue weighted by Gasteiger charge is -2.33. The molecule has 1 amide bonds. The van der Waals surface area contributed by atoms with E-state index in [1.54, 1.807) is 0 Å². The topological polar surface area (TPSA) is 83.5 Å². The van der Waals surface area contributed by atoms with Gasteiger partial charge in [0.15, 0.2) is 0 Å². The lowest BCUT2D eigenvalue weighted by Crippen LogP contribution is -2.38. The maximum Gasteiger partial charge on any atom is 0.252 e. The zero-order chi connectivity index (χ0) is 10.5. The molecular formula is C5H8Cl2NO4P-2. The van der Waals surface area contributed by atoms with E-state index in [0.29, 0.717) is 0 Å². The molecular weight excluding hydrogens is 240 g/mol. The Morgan fingerprint density at radius 1 is 1.23 bits per heavy atom. The minimum absolute atomic E-state index is 0.00157. The molecule has 0 atom stereocenters. The van der Waals surface area contributed by atoms with E-state index in [4.69, 9.17) is 23.2 Å². The maximum atomic E-state index is 10.9. The Kier molecular flexibility index (Phi) is 5.92. The summed E-state index contributed by atoms with van der Waals surface area (Å²) < 4.78 is 10.3. The van der Waals surface area contributed by atoms with Gasteiger partial charge in [-0.3, -0.25) is 4.79 Å². The van der Waals surface area contributed by atoms with E-state index in [9.17, 15) is 19.1 Å². The summed E-state index contributed by atoms with van der Waals surface area (Å²) in [5.74, 6) is 0.116. The van der Waals surface area contributed by atoms with Crippen LogP contribution in [0.25, 0.3) is 0 Å². The smallest absolute Gasteiger partial charge is 0.252 e. The van der Waals surface area contributed by atoms with Crippen molar-refractivity contribution in [1.82, 2.24) is 4.90 Å². The first-order valence-corrected chi connectivity index (χ1v) is 5.98. The van der Waals surface area contributed by atoms with Crippen molar-refractivity contribution >= 4 is 36.4 Å². The van der Waals surface area contributed by atoms with Gasteiger partial charge in [0.1, 0.15) is 0 Å². The average Bonchev–Trinajstić information content (AvgIpc) is 2.01. The van der Waals surface area contributed by atoms with E-state index < -0.39 is 13.2 Å². The summed E-state index contributed by atoms with van der Waals surface area (Å²) in [6, 6.07) is 0. The normalized spacial score (nSPS) is 11.4. The van der Waals surface area contributed by atoms with Gasteiger partial charge < -0.3 is 19.3 Å². The number of amides is 1. The van der Waals surface area contributed by atoms with Crippen LogP contribution < -0.4 is 9.79 Å². The molecule has 0 aromatic carbocycles. The van der Waals surface area contributed by atoms with Crippen LogP contribution in [0.5, 0.6) is 0 Å². The zero-order valence-corrected chi connectivity index (χ0v) is 9.02. The van der Waals surface area contributed by atoms with Gasteiger partial charge in [-0.2, -0.15) is 0 Å². The molecule has 0 rings (SSSR count). The minimum atomic E-state index is -5.20. The first-order chi connectivity index (χ1) is 5.93. The molecule has 0 bridgehead atoms. The van der Waals surface area contributed by atoms with Crippen LogP contribution in [0.15, 0.2) is 0 Å². The standard InChI is InChI=1S/C5H10Cl2NO4P/c6-1-3-8(4-2-7)5(9)13(10,11)12/h1-4H2,(H2,10,11,12)/p-2. The van der Waals surface area contributed by atoms with Crippen molar-refractivity contribution in [2.45, 2.75) is 0 Å². The van der Waals surface area contributed by atoms with Gasteiger partial charge >= 0.3 is 0 Å². The third-order valence-corrected chi connectivity index (χ3v) is 2.30. The highest BCUT2D eigenvalue weighted by Crippen LogP contribution is 2.27. The number of alkyl halides is 2. The van der Waals surface area contributed by atoms with Gasteiger partial charge in [-0.05, 0) is 0 Å². The number of hydrogen-bond donors (Lipinski definition) is 0. The van der Waals surface area contributed by atoms with Gasteiger partial charge in [0.2, 0.25) is 0 Å². The van der Waals surface area contributed by atoms with Crippen LogP contribution in [-0.4, -0.2) is 35.4 Å². The zero-order valence-electron chi connectivity index (χ0n) is 6.61. The van der Waals surface area contributed by atoms with Crippen LogP contribution >= 0.6 is 30.8 Å². The van der Waals surface area contributed by atoms with E-state index in [1.807, 2.05) is 0 Å². The third kappa shape index (κ3) is 4.84. The highest BCUT2D eigenvalue weighted by Gasteiger charge is 2.15. The molecule has 8 heteroatoms. The highest BCUT2D eigenvalue weighted by molar-refractivity contribution is 7.67. The number of rotatable bonds is 5. The maximum absolute atomic E-state index is 10.9. The van der Waals surface area contributed by atoms with Crippen LogP contribution in [0.3, 0.4) is 0 Å². The Balaban J connectivity index is 4.37. The van der Waals surface area contributed by atoms with Crippen molar-refractivity contribution in [2.75, 3.05) is 24.8 Å². The number of carbonyl (C=O) groups excluding carboxylic acids is 1. The van der Waals surface area contributed by atoms with E-state index in [2.05, 4.69) is 0 Å². The molecule has 0 aliphatic rings. The second kappa shape index (κ2) is 5.83. The number of carbonyl (C=O) groups is 1. The van der Waals surface area contributed by atoms with Gasteiger partial charge in [-0.1, -0.05) is 0 Å². The molecule has 0 aliphatic carbocycles. The fourth-order valence-electron chi connectivity index (χ4n) is 0.680. The fourth-order valence-corrected chi connectivity index (χ4v) is 1.63. The predicted molar refractivity (Wildman–Crippen MR) is 46.0 cm³/mol. The molecule has 0 saturated carbocycles. The molecule has 0 unspecified atom stereocenters. The molecule has 78 valence electrons. The molecule has 0 aromatic heterocycles. The average molecular weight is 248 g/mol. The second-order valence-electron chi connectivity index (χ2n) is 2.15. The van der Waals surface area contributed by atoms with Crippen LogP contribution in [0.4, 0.5) is 4.79 Å². The van der Waals surface area contributed by atoms with Gasteiger partial charge in [0, 0.05) is 32.4 Å². The quantitative estimate of drug-likeness (QED) is 0.498. The van der Waals surface area contributed by atoms with Crippen LogP contribution in [-0.2, 0) is 4.57 Å². The SMILES string of the molecule is O=C(N(CCCl)CCCl)P(=O)([O-])[O-]. The monoisotopic (exact) mass is 247 g/mol. The molecule has 0 aliphatic heterocycles. The Labute approximate surface area is 85.8 Å². The summed E-state index contributed by atoms with van der Waals surface area (Å²) in [5, 5.41) is 0. The Morgan fingerprint density at radius 3 is 1.85 bits per heavy atom. The van der Waals surface area contributed by atoms with Crippen molar-refractivity contribution in [2.24, 2.45) is 0 Å². The fraction of sp³-hybridized carbons (Fsp3) is 0.800. The van der Waals surface area contributed by atoms with Gasteiger partial charge in [0.05, 0.1) is 0 Å². The third-order valence-electron chi connectivity index (χ3n) is 1.21. The van der Waals surface area contributed by atoms with Gasteiger partial charge in [-0.15, -0.1) is 23.2 Å². The minimum Gasteiger partial charge on any atom is -0.804 e. The highest BCUT2D eigenvalue weighted by atomic mass is 35.5. The number of hydrogen-bond acceptors (Lipinski definition) is 4. The summed E-state index contributed by atoms with van der Waals surface area (Å²) in [5.41, 5.74) is -1.45. The molecule has 0 heterocycles. The predicted octanol–water partition coefficient (Wildman–Crippen LogP) is -0.200. The lowest BCUT2D eigenvalue weighted by atomic mass is 10.6. The van der Waals surface area contributed by atoms with Crippen molar-refractivity contribution in [3.63, 3.8) is 0 Å². The van der Waals surface area contributed by atoms with Gasteiger partial charge in [-0.25, -0.2) is 0 Å². The largest absolute Gasteiger partial charge is 0.804 e. The molecule has 13 heavy (non-hydrogen) atoms. The summed E-state index contributed by atoms with van der Waals surface area (Å²) in [4.78, 5) is 32.3. The van der Waals surface area contributed by atoms with E-state index in [0.717, 1.165) is 4.90 Å². The van der Waals surface area contributed by atoms with E-state index in [-0.39, 0.29) is 24.8 Å². The van der Waals surface area contributed by atoms with Crippen LogP contribution in [0, 0.1) is 0 Å². The number of halogens is 2. The summed E-state index contributed by atoms with van der Waals surface area (Å²) in [7, 11) is -5.20. The molecule has 0 aromatic rings. The lowest BCUT2D eigenvalue weighted by molar-refractivity contribution is -0.308. The molecule has 5 nitrogen and oxygen atoms in total.